The highest BCUT2D eigenvalue weighted by atomic mass is 32.1. The van der Waals surface area contributed by atoms with Crippen LogP contribution >= 0.6 is 11.5 Å². The molecule has 0 aliphatic carbocycles. The van der Waals surface area contributed by atoms with E-state index in [0.29, 0.717) is 17.0 Å². The van der Waals surface area contributed by atoms with Crippen LogP contribution in [0.25, 0.3) is 11.0 Å². The quantitative estimate of drug-likeness (QED) is 0.696. The molecule has 1 amide bonds. The summed E-state index contributed by atoms with van der Waals surface area (Å²) in [5, 5.41) is 4.35. The Morgan fingerprint density at radius 1 is 1.30 bits per heavy atom. The molecule has 0 aliphatic heterocycles. The predicted molar refractivity (Wildman–Crippen MR) is 105 cm³/mol. The second-order valence-corrected chi connectivity index (χ2v) is 7.14. The Morgan fingerprint density at radius 3 is 2.78 bits per heavy atom. The highest BCUT2D eigenvalue weighted by Crippen LogP contribution is 2.17. The molecule has 0 unspecified atom stereocenters. The first-order valence-corrected chi connectivity index (χ1v) is 9.26. The fourth-order valence-corrected chi connectivity index (χ4v) is 3.43. The molecule has 3 rings (SSSR count). The number of benzene rings is 1. The maximum Gasteiger partial charge on any atom is 0.332 e. The number of carbonyl (C=O) groups is 1. The molecular formula is C18H20N4O4S. The number of amides is 1. The number of aromatic nitrogens is 3. The summed E-state index contributed by atoms with van der Waals surface area (Å²) < 4.78 is 11.7. The molecule has 0 saturated heterocycles. The summed E-state index contributed by atoms with van der Waals surface area (Å²) in [6.45, 7) is 3.87. The number of nitrogens with zero attached hydrogens (tertiary/aromatic N) is 3. The molecule has 0 saturated carbocycles. The van der Waals surface area contributed by atoms with E-state index in [1.807, 2.05) is 13.8 Å². The van der Waals surface area contributed by atoms with E-state index in [0.717, 1.165) is 16.1 Å². The first-order chi connectivity index (χ1) is 12.9. The summed E-state index contributed by atoms with van der Waals surface area (Å²) in [5.74, 6) is 0.331. The molecule has 142 valence electrons. The van der Waals surface area contributed by atoms with E-state index in [-0.39, 0.29) is 30.4 Å². The minimum atomic E-state index is -0.512. The van der Waals surface area contributed by atoms with E-state index in [1.54, 1.807) is 36.8 Å². The van der Waals surface area contributed by atoms with Gasteiger partial charge in [-0.2, -0.15) is 4.37 Å². The van der Waals surface area contributed by atoms with Crippen molar-refractivity contribution in [1.29, 1.82) is 0 Å². The molecule has 2 aromatic heterocycles. The summed E-state index contributed by atoms with van der Waals surface area (Å²) in [4.78, 5) is 37.9. The number of hydrogen-bond acceptors (Lipinski definition) is 6. The summed E-state index contributed by atoms with van der Waals surface area (Å²) >= 11 is 1.08. The van der Waals surface area contributed by atoms with Gasteiger partial charge in [-0.25, -0.2) is 4.79 Å². The zero-order valence-corrected chi connectivity index (χ0v) is 16.1. The van der Waals surface area contributed by atoms with E-state index >= 15 is 0 Å². The third kappa shape index (κ3) is 3.92. The van der Waals surface area contributed by atoms with Crippen molar-refractivity contribution in [3.63, 3.8) is 0 Å². The van der Waals surface area contributed by atoms with Crippen LogP contribution in [-0.4, -0.2) is 26.5 Å². The molecule has 1 aromatic carbocycles. The second kappa shape index (κ2) is 7.75. The highest BCUT2D eigenvalue weighted by Gasteiger charge is 2.18. The second-order valence-electron chi connectivity index (χ2n) is 6.51. The van der Waals surface area contributed by atoms with Crippen molar-refractivity contribution in [2.75, 3.05) is 12.4 Å². The number of methoxy groups -OCH3 is 1. The van der Waals surface area contributed by atoms with Crippen molar-refractivity contribution in [2.24, 2.45) is 5.92 Å². The molecule has 2 heterocycles. The van der Waals surface area contributed by atoms with Gasteiger partial charge < -0.3 is 10.1 Å². The molecule has 27 heavy (non-hydrogen) atoms. The molecule has 9 heteroatoms. The van der Waals surface area contributed by atoms with Gasteiger partial charge in [-0.3, -0.25) is 18.7 Å². The molecule has 0 atom stereocenters. The molecule has 0 radical (unpaired) electrons. The predicted octanol–water partition coefficient (Wildman–Crippen LogP) is 1.92. The van der Waals surface area contributed by atoms with E-state index in [4.69, 9.17) is 4.74 Å². The van der Waals surface area contributed by atoms with Crippen LogP contribution in [0.5, 0.6) is 5.75 Å². The maximum absolute atomic E-state index is 12.8. The molecule has 8 nitrogen and oxygen atoms in total. The van der Waals surface area contributed by atoms with Gasteiger partial charge >= 0.3 is 5.69 Å². The van der Waals surface area contributed by atoms with E-state index in [9.17, 15) is 14.4 Å². The number of ether oxygens (including phenoxy) is 1. The normalized spacial score (nSPS) is 11.1. The van der Waals surface area contributed by atoms with Crippen molar-refractivity contribution in [2.45, 2.75) is 26.9 Å². The summed E-state index contributed by atoms with van der Waals surface area (Å²) in [6.07, 6.45) is 0. The largest absolute Gasteiger partial charge is 0.497 e. The SMILES string of the molecule is COc1cccc(NC(=O)Cn2c(=O)n(CC(C)C)c(=O)c3nscc32)c1. The minimum Gasteiger partial charge on any atom is -0.497 e. The van der Waals surface area contributed by atoms with Crippen LogP contribution in [0, 0.1) is 5.92 Å². The summed E-state index contributed by atoms with van der Waals surface area (Å²) in [6, 6.07) is 6.93. The van der Waals surface area contributed by atoms with Gasteiger partial charge in [0.2, 0.25) is 5.91 Å². The summed E-state index contributed by atoms with van der Waals surface area (Å²) in [5.41, 5.74) is 0.199. The van der Waals surface area contributed by atoms with Gasteiger partial charge in [0, 0.05) is 23.7 Å². The Balaban J connectivity index is 1.96. The Hall–Kier alpha value is -2.94. The fraction of sp³-hybridized carbons (Fsp3) is 0.333. The lowest BCUT2D eigenvalue weighted by Crippen LogP contribution is -2.42. The summed E-state index contributed by atoms with van der Waals surface area (Å²) in [7, 11) is 1.54. The maximum atomic E-state index is 12.8. The van der Waals surface area contributed by atoms with Gasteiger partial charge in [-0.1, -0.05) is 19.9 Å². The molecule has 3 aromatic rings. The van der Waals surface area contributed by atoms with Crippen LogP contribution < -0.4 is 21.3 Å². The average molecular weight is 388 g/mol. The zero-order chi connectivity index (χ0) is 19.6. The monoisotopic (exact) mass is 388 g/mol. The van der Waals surface area contributed by atoms with E-state index in [2.05, 4.69) is 9.69 Å². The average Bonchev–Trinajstić information content (AvgIpc) is 3.12. The minimum absolute atomic E-state index is 0.102. The number of rotatable bonds is 6. The van der Waals surface area contributed by atoms with Crippen LogP contribution in [0.3, 0.4) is 0 Å². The Bertz CT molecular complexity index is 1100. The molecule has 0 fully saturated rings. The van der Waals surface area contributed by atoms with Gasteiger partial charge in [0.1, 0.15) is 12.3 Å². The Labute approximate surface area is 159 Å². The molecule has 0 bridgehead atoms. The number of anilines is 1. The van der Waals surface area contributed by atoms with Crippen LogP contribution in [0.2, 0.25) is 0 Å². The van der Waals surface area contributed by atoms with Crippen molar-refractivity contribution in [3.05, 3.63) is 50.5 Å². The lowest BCUT2D eigenvalue weighted by Gasteiger charge is -2.13. The number of nitrogens with one attached hydrogen (secondary N) is 1. The number of carbonyl (C=O) groups excluding carboxylic acids is 1. The standard InChI is InChI=1S/C18H20N4O4S/c1-11(2)8-22-17(24)16-14(10-27-20-16)21(18(22)25)9-15(23)19-12-5-4-6-13(7-12)26-3/h4-7,10-11H,8-9H2,1-3H3,(H,19,23). The first kappa shape index (κ1) is 18.8. The van der Waals surface area contributed by atoms with Crippen LogP contribution in [0.4, 0.5) is 5.69 Å². The topological polar surface area (TPSA) is 95.2 Å². The molecular weight excluding hydrogens is 368 g/mol. The lowest BCUT2D eigenvalue weighted by atomic mass is 10.2. The first-order valence-electron chi connectivity index (χ1n) is 8.42. The molecule has 0 spiro atoms. The van der Waals surface area contributed by atoms with Gasteiger partial charge in [-0.05, 0) is 29.6 Å². The smallest absolute Gasteiger partial charge is 0.332 e. The fourth-order valence-electron chi connectivity index (χ4n) is 2.76. The van der Waals surface area contributed by atoms with Gasteiger partial charge in [0.25, 0.3) is 5.56 Å². The van der Waals surface area contributed by atoms with Crippen molar-refractivity contribution in [1.82, 2.24) is 13.5 Å². The third-order valence-corrected chi connectivity index (χ3v) is 4.57. The lowest BCUT2D eigenvalue weighted by molar-refractivity contribution is -0.116. The van der Waals surface area contributed by atoms with Gasteiger partial charge in [-0.15, -0.1) is 0 Å². The molecule has 0 aliphatic rings. The van der Waals surface area contributed by atoms with Crippen molar-refractivity contribution < 1.29 is 9.53 Å². The Morgan fingerprint density at radius 2 is 2.07 bits per heavy atom. The molecule has 1 N–H and O–H groups in total. The van der Waals surface area contributed by atoms with Gasteiger partial charge in [0.05, 0.1) is 12.6 Å². The van der Waals surface area contributed by atoms with Crippen molar-refractivity contribution >= 4 is 34.2 Å². The number of hydrogen-bond donors (Lipinski definition) is 1. The van der Waals surface area contributed by atoms with E-state index < -0.39 is 11.2 Å². The van der Waals surface area contributed by atoms with Crippen LogP contribution in [0.1, 0.15) is 13.8 Å². The third-order valence-electron chi connectivity index (χ3n) is 3.95. The van der Waals surface area contributed by atoms with Crippen molar-refractivity contribution in [3.8, 4) is 5.75 Å². The van der Waals surface area contributed by atoms with E-state index in [1.165, 1.54) is 4.57 Å². The number of fused-ring (bicyclic) bond motifs is 1. The van der Waals surface area contributed by atoms with Gasteiger partial charge in [0.15, 0.2) is 5.52 Å². The Kier molecular flexibility index (Phi) is 5.41. The zero-order valence-electron chi connectivity index (χ0n) is 15.3. The highest BCUT2D eigenvalue weighted by molar-refractivity contribution is 7.04. The van der Waals surface area contributed by atoms with Crippen LogP contribution in [-0.2, 0) is 17.9 Å². The van der Waals surface area contributed by atoms with Crippen LogP contribution in [0.15, 0.2) is 39.2 Å².